The highest BCUT2D eigenvalue weighted by Gasteiger charge is 2.00. The number of rotatable bonds is 5. The normalized spacial score (nSPS) is 10.4. The standard InChI is InChI=1S/C18H23N2.HI/c1-4-20(5-2)18-10-8-16(9-11-18)6-7-17-12-14-19(3)15-13-17;/h6-15H,4-5H2,1-3H3;1H/q+1;/p-1. The molecule has 0 aliphatic carbocycles. The largest absolute Gasteiger partial charge is 1.00 e. The van der Waals surface area contributed by atoms with Gasteiger partial charge in [0.2, 0.25) is 0 Å². The molecular formula is C18H23IN2. The lowest BCUT2D eigenvalue weighted by Gasteiger charge is -2.20. The first-order valence-corrected chi connectivity index (χ1v) is 7.21. The maximum atomic E-state index is 2.35. The Morgan fingerprint density at radius 2 is 1.33 bits per heavy atom. The Labute approximate surface area is 145 Å². The van der Waals surface area contributed by atoms with Gasteiger partial charge in [-0.2, -0.15) is 0 Å². The Balaban J connectivity index is 0.00000220. The summed E-state index contributed by atoms with van der Waals surface area (Å²) in [6, 6.07) is 13.0. The molecule has 0 spiro atoms. The number of hydrogen-bond acceptors (Lipinski definition) is 1. The zero-order chi connectivity index (χ0) is 14.4. The highest BCUT2D eigenvalue weighted by Crippen LogP contribution is 2.16. The molecule has 0 radical (unpaired) electrons. The second-order valence-electron chi connectivity index (χ2n) is 4.89. The smallest absolute Gasteiger partial charge is 0.169 e. The summed E-state index contributed by atoms with van der Waals surface area (Å²) in [5.74, 6) is 0. The first-order valence-electron chi connectivity index (χ1n) is 7.21. The number of aryl methyl sites for hydroxylation is 1. The average molecular weight is 394 g/mol. The molecule has 0 unspecified atom stereocenters. The molecule has 0 N–H and O–H groups in total. The van der Waals surface area contributed by atoms with E-state index < -0.39 is 0 Å². The van der Waals surface area contributed by atoms with Crippen molar-refractivity contribution in [3.8, 4) is 0 Å². The lowest BCUT2D eigenvalue weighted by Crippen LogP contribution is -3.00. The molecule has 0 aliphatic rings. The van der Waals surface area contributed by atoms with Crippen LogP contribution in [0.15, 0.2) is 48.8 Å². The van der Waals surface area contributed by atoms with Crippen LogP contribution in [0.25, 0.3) is 12.2 Å². The van der Waals surface area contributed by atoms with Crippen LogP contribution in [-0.2, 0) is 7.05 Å². The van der Waals surface area contributed by atoms with Crippen LogP contribution in [0.3, 0.4) is 0 Å². The van der Waals surface area contributed by atoms with Crippen molar-refractivity contribution in [2.24, 2.45) is 7.05 Å². The lowest BCUT2D eigenvalue weighted by molar-refractivity contribution is -0.671. The molecule has 2 rings (SSSR count). The Bertz CT molecular complexity index is 555. The molecule has 2 nitrogen and oxygen atoms in total. The molecule has 112 valence electrons. The molecule has 1 aromatic heterocycles. The summed E-state index contributed by atoms with van der Waals surface area (Å²) in [4.78, 5) is 2.35. The van der Waals surface area contributed by atoms with Gasteiger partial charge in [-0.1, -0.05) is 24.3 Å². The van der Waals surface area contributed by atoms with Gasteiger partial charge >= 0.3 is 0 Å². The van der Waals surface area contributed by atoms with Gasteiger partial charge in [0, 0.05) is 30.9 Å². The number of hydrogen-bond donors (Lipinski definition) is 0. The van der Waals surface area contributed by atoms with Gasteiger partial charge in [0.05, 0.1) is 0 Å². The molecule has 1 heterocycles. The molecule has 0 atom stereocenters. The van der Waals surface area contributed by atoms with Crippen molar-refractivity contribution < 1.29 is 28.5 Å². The van der Waals surface area contributed by atoms with Crippen LogP contribution < -0.4 is 33.4 Å². The van der Waals surface area contributed by atoms with Gasteiger partial charge in [-0.25, -0.2) is 4.57 Å². The Hall–Kier alpha value is -1.36. The third-order valence-corrected chi connectivity index (χ3v) is 3.49. The highest BCUT2D eigenvalue weighted by atomic mass is 127. The van der Waals surface area contributed by atoms with E-state index in [-0.39, 0.29) is 24.0 Å². The van der Waals surface area contributed by atoms with Crippen LogP contribution in [-0.4, -0.2) is 13.1 Å². The quantitative estimate of drug-likeness (QED) is 0.530. The topological polar surface area (TPSA) is 7.12 Å². The Morgan fingerprint density at radius 3 is 1.81 bits per heavy atom. The monoisotopic (exact) mass is 394 g/mol. The van der Waals surface area contributed by atoms with E-state index in [2.05, 4.69) is 79.7 Å². The van der Waals surface area contributed by atoms with Gasteiger partial charge in [0.15, 0.2) is 12.4 Å². The number of pyridine rings is 1. The van der Waals surface area contributed by atoms with Crippen LogP contribution in [0, 0.1) is 0 Å². The van der Waals surface area contributed by atoms with Crippen molar-refractivity contribution in [1.29, 1.82) is 0 Å². The van der Waals surface area contributed by atoms with Gasteiger partial charge in [0.25, 0.3) is 0 Å². The number of anilines is 1. The van der Waals surface area contributed by atoms with Crippen molar-refractivity contribution in [2.45, 2.75) is 13.8 Å². The van der Waals surface area contributed by atoms with E-state index in [0.29, 0.717) is 0 Å². The van der Waals surface area contributed by atoms with Crippen molar-refractivity contribution in [3.63, 3.8) is 0 Å². The minimum atomic E-state index is 0. The predicted molar refractivity (Wildman–Crippen MR) is 86.5 cm³/mol. The van der Waals surface area contributed by atoms with Crippen molar-refractivity contribution in [2.75, 3.05) is 18.0 Å². The third-order valence-electron chi connectivity index (χ3n) is 3.49. The first-order chi connectivity index (χ1) is 9.72. The summed E-state index contributed by atoms with van der Waals surface area (Å²) in [6.45, 7) is 6.47. The molecule has 0 saturated heterocycles. The van der Waals surface area contributed by atoms with Gasteiger partial charge in [0.1, 0.15) is 7.05 Å². The molecule has 2 aromatic rings. The maximum Gasteiger partial charge on any atom is 0.169 e. The van der Waals surface area contributed by atoms with Gasteiger partial charge in [-0.05, 0) is 37.1 Å². The van der Waals surface area contributed by atoms with Gasteiger partial charge in [-0.3, -0.25) is 0 Å². The fraction of sp³-hybridized carbons (Fsp3) is 0.278. The maximum absolute atomic E-state index is 2.35. The second-order valence-corrected chi connectivity index (χ2v) is 4.89. The fourth-order valence-electron chi connectivity index (χ4n) is 2.20. The zero-order valence-electron chi connectivity index (χ0n) is 13.0. The van der Waals surface area contributed by atoms with Crippen LogP contribution in [0.5, 0.6) is 0 Å². The second kappa shape index (κ2) is 8.82. The molecule has 0 amide bonds. The molecule has 0 bridgehead atoms. The van der Waals surface area contributed by atoms with E-state index in [4.69, 9.17) is 0 Å². The Morgan fingerprint density at radius 1 is 0.857 bits per heavy atom. The summed E-state index contributed by atoms with van der Waals surface area (Å²) in [5, 5.41) is 0. The van der Waals surface area contributed by atoms with E-state index in [1.165, 1.54) is 16.8 Å². The summed E-state index contributed by atoms with van der Waals surface area (Å²) in [5.41, 5.74) is 3.74. The number of halogens is 1. The van der Waals surface area contributed by atoms with E-state index in [0.717, 1.165) is 13.1 Å². The first kappa shape index (κ1) is 17.7. The Kier molecular flexibility index (Phi) is 7.43. The SMILES string of the molecule is CCN(CC)c1ccc(/C=C/c2cc[n+](C)cc2)cc1.[I-]. The number of benzene rings is 1. The van der Waals surface area contributed by atoms with Crippen LogP contribution >= 0.6 is 0 Å². The van der Waals surface area contributed by atoms with Crippen LogP contribution in [0.1, 0.15) is 25.0 Å². The highest BCUT2D eigenvalue weighted by molar-refractivity contribution is 5.70. The lowest BCUT2D eigenvalue weighted by atomic mass is 10.1. The number of nitrogens with zero attached hydrogens (tertiary/aromatic N) is 2. The minimum Gasteiger partial charge on any atom is -1.00 e. The average Bonchev–Trinajstić information content (AvgIpc) is 2.49. The van der Waals surface area contributed by atoms with E-state index >= 15 is 0 Å². The molecule has 1 aromatic carbocycles. The summed E-state index contributed by atoms with van der Waals surface area (Å²) >= 11 is 0. The molecule has 3 heteroatoms. The number of aromatic nitrogens is 1. The van der Waals surface area contributed by atoms with Crippen molar-refractivity contribution in [1.82, 2.24) is 0 Å². The fourth-order valence-corrected chi connectivity index (χ4v) is 2.20. The van der Waals surface area contributed by atoms with Gasteiger partial charge < -0.3 is 28.9 Å². The third kappa shape index (κ3) is 5.16. The minimum absolute atomic E-state index is 0. The predicted octanol–water partition coefficient (Wildman–Crippen LogP) is 0.532. The van der Waals surface area contributed by atoms with E-state index in [9.17, 15) is 0 Å². The molecule has 0 fully saturated rings. The molecule has 0 saturated carbocycles. The molecule has 21 heavy (non-hydrogen) atoms. The summed E-state index contributed by atoms with van der Waals surface area (Å²) < 4.78 is 2.04. The molecular weight excluding hydrogens is 371 g/mol. The summed E-state index contributed by atoms with van der Waals surface area (Å²) in [7, 11) is 2.03. The van der Waals surface area contributed by atoms with Gasteiger partial charge in [-0.15, -0.1) is 0 Å². The van der Waals surface area contributed by atoms with E-state index in [1.54, 1.807) is 0 Å². The zero-order valence-corrected chi connectivity index (χ0v) is 15.1. The summed E-state index contributed by atoms with van der Waals surface area (Å²) in [6.07, 6.45) is 8.42. The van der Waals surface area contributed by atoms with Crippen LogP contribution in [0.2, 0.25) is 0 Å². The van der Waals surface area contributed by atoms with Crippen molar-refractivity contribution >= 4 is 17.8 Å². The van der Waals surface area contributed by atoms with Crippen LogP contribution in [0.4, 0.5) is 5.69 Å². The van der Waals surface area contributed by atoms with Crippen molar-refractivity contribution in [3.05, 3.63) is 59.9 Å². The van der Waals surface area contributed by atoms with E-state index in [1.807, 2.05) is 11.6 Å². The molecule has 0 aliphatic heterocycles.